The van der Waals surface area contributed by atoms with Crippen molar-refractivity contribution in [3.63, 3.8) is 0 Å². The van der Waals surface area contributed by atoms with Gasteiger partial charge in [0.15, 0.2) is 5.82 Å². The van der Waals surface area contributed by atoms with Crippen molar-refractivity contribution >= 4 is 43.7 Å². The second-order valence-corrected chi connectivity index (χ2v) is 15.7. The van der Waals surface area contributed by atoms with Crippen LogP contribution in [-0.4, -0.2) is 14.5 Å². The van der Waals surface area contributed by atoms with Gasteiger partial charge in [-0.2, -0.15) is 0 Å². The maximum absolute atomic E-state index is 7.06. The molecular weight excluding hydrogens is 755 g/mol. The van der Waals surface area contributed by atoms with Gasteiger partial charge in [0.25, 0.3) is 0 Å². The van der Waals surface area contributed by atoms with Crippen molar-refractivity contribution in [2.75, 3.05) is 0 Å². The molecule has 9 aromatic carbocycles. The summed E-state index contributed by atoms with van der Waals surface area (Å²) in [5.41, 5.74) is 16.5. The molecule has 0 radical (unpaired) electrons. The predicted octanol–water partition coefficient (Wildman–Crippen LogP) is 15.5. The van der Waals surface area contributed by atoms with E-state index >= 15 is 0 Å². The van der Waals surface area contributed by atoms with Crippen molar-refractivity contribution < 1.29 is 4.42 Å². The Hall–Kier alpha value is -8.34. The van der Waals surface area contributed by atoms with E-state index in [1.54, 1.807) is 0 Å². The minimum absolute atomic E-state index is 0.664. The minimum atomic E-state index is 0.664. The lowest BCUT2D eigenvalue weighted by Crippen LogP contribution is -1.96. The van der Waals surface area contributed by atoms with Gasteiger partial charge in [0.05, 0.1) is 22.4 Å². The van der Waals surface area contributed by atoms with Gasteiger partial charge in [-0.3, -0.25) is 0 Å². The first-order chi connectivity index (χ1) is 30.7. The second kappa shape index (κ2) is 14.7. The summed E-state index contributed by atoms with van der Waals surface area (Å²) in [7, 11) is 0. The Bertz CT molecular complexity index is 3590. The summed E-state index contributed by atoms with van der Waals surface area (Å²) < 4.78 is 9.47. The van der Waals surface area contributed by atoms with Crippen molar-refractivity contribution in [2.45, 2.75) is 0 Å². The Balaban J connectivity index is 1.02. The Kier molecular flexibility index (Phi) is 8.46. The number of hydrogen-bond donors (Lipinski definition) is 0. The number of benzene rings is 9. The van der Waals surface area contributed by atoms with Crippen molar-refractivity contribution in [3.8, 4) is 73.0 Å². The molecule has 290 valence electrons. The lowest BCUT2D eigenvalue weighted by Gasteiger charge is -2.11. The molecule has 4 nitrogen and oxygen atoms in total. The van der Waals surface area contributed by atoms with Gasteiger partial charge < -0.3 is 8.98 Å². The zero-order valence-corrected chi connectivity index (χ0v) is 33.6. The van der Waals surface area contributed by atoms with E-state index in [1.807, 2.05) is 24.3 Å². The van der Waals surface area contributed by atoms with Crippen LogP contribution in [0.1, 0.15) is 0 Å². The van der Waals surface area contributed by atoms with E-state index in [9.17, 15) is 0 Å². The van der Waals surface area contributed by atoms with E-state index in [4.69, 9.17) is 14.4 Å². The predicted molar refractivity (Wildman–Crippen MR) is 256 cm³/mol. The monoisotopic (exact) mass is 791 g/mol. The van der Waals surface area contributed by atoms with Crippen LogP contribution in [0.2, 0.25) is 0 Å². The summed E-state index contributed by atoms with van der Waals surface area (Å²) in [6.45, 7) is 0. The third kappa shape index (κ3) is 6.00. The van der Waals surface area contributed by atoms with E-state index in [1.165, 1.54) is 33.0 Å². The average Bonchev–Trinajstić information content (AvgIpc) is 3.91. The highest BCUT2D eigenvalue weighted by atomic mass is 16.3. The van der Waals surface area contributed by atoms with Crippen LogP contribution in [0, 0.1) is 0 Å². The first-order valence-electron chi connectivity index (χ1n) is 21.0. The number of hydrogen-bond acceptors (Lipinski definition) is 3. The zero-order valence-electron chi connectivity index (χ0n) is 33.6. The smallest absolute Gasteiger partial charge is 0.160 e. The molecule has 12 rings (SSSR count). The molecule has 3 aromatic heterocycles. The molecule has 0 saturated carbocycles. The first kappa shape index (κ1) is 35.6. The number of fused-ring (bicyclic) bond motifs is 6. The quantitative estimate of drug-likeness (QED) is 0.161. The first-order valence-corrected chi connectivity index (χ1v) is 21.0. The van der Waals surface area contributed by atoms with Gasteiger partial charge >= 0.3 is 0 Å². The number of furan rings is 1. The molecule has 0 spiro atoms. The molecule has 0 aliphatic heterocycles. The van der Waals surface area contributed by atoms with Crippen LogP contribution in [0.25, 0.3) is 117 Å². The van der Waals surface area contributed by atoms with Gasteiger partial charge in [0.2, 0.25) is 0 Å². The maximum atomic E-state index is 7.06. The molecule has 62 heavy (non-hydrogen) atoms. The molecule has 0 bridgehead atoms. The van der Waals surface area contributed by atoms with Crippen LogP contribution in [0.15, 0.2) is 229 Å². The lowest BCUT2D eigenvalue weighted by molar-refractivity contribution is 0.671. The van der Waals surface area contributed by atoms with Gasteiger partial charge in [0.1, 0.15) is 11.2 Å². The van der Waals surface area contributed by atoms with Gasteiger partial charge in [-0.1, -0.05) is 188 Å². The third-order valence-corrected chi connectivity index (χ3v) is 12.0. The van der Waals surface area contributed by atoms with E-state index < -0.39 is 0 Å². The molecule has 0 fully saturated rings. The van der Waals surface area contributed by atoms with E-state index in [2.05, 4.69) is 205 Å². The standard InChI is InChI=1S/C58H37N3O/c1-5-16-38(17-6-1)39-30-32-41(33-31-39)52-37-53(60-58(59-52)42-20-9-3-10-21-42)50-29-15-28-49-48-27-14-25-46(56(48)62-57(49)50)43-34-35-54-51(36-43)47-26-13-24-45(40-18-7-2-8-19-40)55(47)61(54)44-22-11-4-12-23-44/h1-37H. The number of para-hydroxylation sites is 4. The van der Waals surface area contributed by atoms with E-state index in [0.717, 1.165) is 77.9 Å². The molecule has 3 heterocycles. The number of rotatable bonds is 7. The normalized spacial score (nSPS) is 11.5. The highest BCUT2D eigenvalue weighted by Gasteiger charge is 2.21. The minimum Gasteiger partial charge on any atom is -0.455 e. The van der Waals surface area contributed by atoms with Crippen LogP contribution in [0.4, 0.5) is 0 Å². The van der Waals surface area contributed by atoms with Crippen LogP contribution >= 0.6 is 0 Å². The fourth-order valence-electron chi connectivity index (χ4n) is 9.10. The van der Waals surface area contributed by atoms with Crippen LogP contribution < -0.4 is 0 Å². The zero-order chi connectivity index (χ0) is 41.0. The fraction of sp³-hybridized carbons (Fsp3) is 0. The third-order valence-electron chi connectivity index (χ3n) is 12.0. The molecule has 12 aromatic rings. The molecule has 4 heteroatoms. The number of nitrogens with zero attached hydrogens (tertiary/aromatic N) is 3. The van der Waals surface area contributed by atoms with Crippen LogP contribution in [0.3, 0.4) is 0 Å². The Morgan fingerprint density at radius 1 is 0.323 bits per heavy atom. The average molecular weight is 792 g/mol. The van der Waals surface area contributed by atoms with E-state index in [-0.39, 0.29) is 0 Å². The molecule has 0 N–H and O–H groups in total. The largest absolute Gasteiger partial charge is 0.455 e. The fourth-order valence-corrected chi connectivity index (χ4v) is 9.10. The van der Waals surface area contributed by atoms with Gasteiger partial charge in [-0.25, -0.2) is 9.97 Å². The summed E-state index contributed by atoms with van der Waals surface area (Å²) in [6, 6.07) is 79.0. The van der Waals surface area contributed by atoms with Crippen molar-refractivity contribution in [1.29, 1.82) is 0 Å². The summed E-state index contributed by atoms with van der Waals surface area (Å²) in [4.78, 5) is 10.3. The second-order valence-electron chi connectivity index (χ2n) is 15.7. The molecule has 0 aliphatic rings. The topological polar surface area (TPSA) is 43.9 Å². The van der Waals surface area contributed by atoms with E-state index in [0.29, 0.717) is 5.82 Å². The summed E-state index contributed by atoms with van der Waals surface area (Å²) in [6.07, 6.45) is 0. The highest BCUT2D eigenvalue weighted by Crippen LogP contribution is 2.43. The molecule has 0 aliphatic carbocycles. The Morgan fingerprint density at radius 3 is 1.53 bits per heavy atom. The molecule has 0 amide bonds. The molecular formula is C58H37N3O. The molecule has 0 saturated heterocycles. The highest BCUT2D eigenvalue weighted by molar-refractivity contribution is 6.16. The summed E-state index contributed by atoms with van der Waals surface area (Å²) in [5, 5.41) is 4.50. The number of aromatic nitrogens is 3. The van der Waals surface area contributed by atoms with Gasteiger partial charge in [0, 0.05) is 55.0 Å². The Morgan fingerprint density at radius 2 is 0.839 bits per heavy atom. The maximum Gasteiger partial charge on any atom is 0.160 e. The molecule has 0 unspecified atom stereocenters. The van der Waals surface area contributed by atoms with Gasteiger partial charge in [-0.05, 0) is 58.7 Å². The van der Waals surface area contributed by atoms with Crippen molar-refractivity contribution in [3.05, 3.63) is 224 Å². The van der Waals surface area contributed by atoms with Crippen LogP contribution in [-0.2, 0) is 0 Å². The Labute approximate surface area is 358 Å². The lowest BCUT2D eigenvalue weighted by atomic mass is 9.98. The molecule has 0 atom stereocenters. The van der Waals surface area contributed by atoms with Crippen molar-refractivity contribution in [1.82, 2.24) is 14.5 Å². The summed E-state index contributed by atoms with van der Waals surface area (Å²) >= 11 is 0. The van der Waals surface area contributed by atoms with Crippen LogP contribution in [0.5, 0.6) is 0 Å². The SMILES string of the molecule is c1ccc(-c2ccc(-c3cc(-c4cccc5c4oc4c(-c6ccc7c(c6)c6cccc(-c8ccccc8)c6n7-c6ccccc6)cccc45)nc(-c4ccccc4)n3)cc2)cc1. The van der Waals surface area contributed by atoms with Gasteiger partial charge in [-0.15, -0.1) is 0 Å². The van der Waals surface area contributed by atoms with Crippen molar-refractivity contribution in [2.24, 2.45) is 0 Å². The summed E-state index contributed by atoms with van der Waals surface area (Å²) in [5.74, 6) is 0.664.